The number of carbonyl (C=O) groups excluding carboxylic acids is 1. The zero-order valence-corrected chi connectivity index (χ0v) is 16.7. The van der Waals surface area contributed by atoms with E-state index < -0.39 is 0 Å². The van der Waals surface area contributed by atoms with Crippen LogP contribution in [-0.4, -0.2) is 32.1 Å². The van der Waals surface area contributed by atoms with Gasteiger partial charge in [0.1, 0.15) is 23.3 Å². The number of piperidine rings is 1. The number of benzene rings is 1. The highest BCUT2D eigenvalue weighted by molar-refractivity contribution is 5.92. The van der Waals surface area contributed by atoms with Crippen LogP contribution >= 0.6 is 0 Å². The second-order valence-corrected chi connectivity index (χ2v) is 7.74. The fourth-order valence-electron chi connectivity index (χ4n) is 3.88. The third kappa shape index (κ3) is 4.09. The van der Waals surface area contributed by atoms with E-state index in [0.29, 0.717) is 30.3 Å². The summed E-state index contributed by atoms with van der Waals surface area (Å²) in [6.45, 7) is 4.67. The maximum Gasteiger partial charge on any atom is 0.272 e. The average molecular weight is 396 g/mol. The van der Waals surface area contributed by atoms with Gasteiger partial charge >= 0.3 is 0 Å². The Morgan fingerprint density at radius 3 is 2.97 bits per heavy atom. The summed E-state index contributed by atoms with van der Waals surface area (Å²) in [6.07, 6.45) is 6.58. The monoisotopic (exact) mass is 396 g/mol. The van der Waals surface area contributed by atoms with Gasteiger partial charge in [0.15, 0.2) is 0 Å². The molecule has 0 bridgehead atoms. The minimum atomic E-state index is -0.270. The minimum Gasteiger partial charge on any atom is -0.443 e. The van der Waals surface area contributed by atoms with Crippen molar-refractivity contribution in [3.05, 3.63) is 71.5 Å². The number of hydrogen-bond acceptors (Lipinski definition) is 4. The summed E-state index contributed by atoms with van der Waals surface area (Å²) < 4.78 is 21.2. The highest BCUT2D eigenvalue weighted by Gasteiger charge is 2.33. The maximum absolute atomic E-state index is 13.4. The van der Waals surface area contributed by atoms with Crippen molar-refractivity contribution < 1.29 is 13.6 Å². The molecule has 1 aliphatic rings. The molecule has 1 atom stereocenters. The first-order valence-electron chi connectivity index (χ1n) is 10.1. The molecule has 0 spiro atoms. The minimum absolute atomic E-state index is 0.0502. The van der Waals surface area contributed by atoms with Crippen LogP contribution in [0.3, 0.4) is 0 Å². The number of nitrogens with zero attached hydrogens (tertiary/aromatic N) is 4. The second kappa shape index (κ2) is 8.19. The Balaban J connectivity index is 1.56. The van der Waals surface area contributed by atoms with Gasteiger partial charge in [0.25, 0.3) is 5.91 Å². The highest BCUT2D eigenvalue weighted by Crippen LogP contribution is 2.32. The Bertz CT molecular complexity index is 994. The van der Waals surface area contributed by atoms with Crippen LogP contribution < -0.4 is 0 Å². The summed E-state index contributed by atoms with van der Waals surface area (Å²) >= 11 is 0. The van der Waals surface area contributed by atoms with E-state index >= 15 is 0 Å². The van der Waals surface area contributed by atoms with Crippen molar-refractivity contribution in [2.45, 2.75) is 51.6 Å². The molecule has 0 N–H and O–H groups in total. The first-order chi connectivity index (χ1) is 14.0. The largest absolute Gasteiger partial charge is 0.443 e. The molecule has 0 unspecified atom stereocenters. The van der Waals surface area contributed by atoms with Crippen LogP contribution in [0.1, 0.15) is 72.9 Å². The molecular formula is C22H25FN4O2. The molecule has 1 saturated heterocycles. The number of amides is 1. The first kappa shape index (κ1) is 19.4. The quantitative estimate of drug-likeness (QED) is 0.635. The van der Waals surface area contributed by atoms with Crippen molar-refractivity contribution in [1.29, 1.82) is 0 Å². The van der Waals surface area contributed by atoms with Crippen molar-refractivity contribution in [3.8, 4) is 0 Å². The Kier molecular flexibility index (Phi) is 5.47. The van der Waals surface area contributed by atoms with Crippen molar-refractivity contribution in [1.82, 2.24) is 19.7 Å². The lowest BCUT2D eigenvalue weighted by Gasteiger charge is -2.34. The lowest BCUT2D eigenvalue weighted by atomic mass is 10.0. The van der Waals surface area contributed by atoms with Gasteiger partial charge in [-0.25, -0.2) is 9.37 Å². The number of oxazole rings is 1. The van der Waals surface area contributed by atoms with E-state index in [0.717, 1.165) is 24.8 Å². The molecule has 1 amide bonds. The zero-order chi connectivity index (χ0) is 20.4. The molecule has 3 heterocycles. The van der Waals surface area contributed by atoms with E-state index in [-0.39, 0.29) is 23.8 Å². The summed E-state index contributed by atoms with van der Waals surface area (Å²) in [6, 6.07) is 8.11. The van der Waals surface area contributed by atoms with Gasteiger partial charge in [-0.1, -0.05) is 12.1 Å². The van der Waals surface area contributed by atoms with Crippen molar-refractivity contribution in [2.24, 2.45) is 0 Å². The van der Waals surface area contributed by atoms with Gasteiger partial charge in [0.05, 0.1) is 6.20 Å². The first-order valence-corrected chi connectivity index (χ1v) is 10.1. The maximum atomic E-state index is 13.4. The van der Waals surface area contributed by atoms with Crippen LogP contribution in [0.2, 0.25) is 0 Å². The molecule has 2 aromatic heterocycles. The van der Waals surface area contributed by atoms with E-state index in [1.165, 1.54) is 12.1 Å². The average Bonchev–Trinajstić information content (AvgIpc) is 3.37. The van der Waals surface area contributed by atoms with Gasteiger partial charge in [-0.2, -0.15) is 5.10 Å². The van der Waals surface area contributed by atoms with Crippen LogP contribution in [0, 0.1) is 5.82 Å². The van der Waals surface area contributed by atoms with Crippen molar-refractivity contribution >= 4 is 5.91 Å². The molecule has 3 aromatic rings. The van der Waals surface area contributed by atoms with Crippen LogP contribution in [0.4, 0.5) is 4.39 Å². The second-order valence-electron chi connectivity index (χ2n) is 7.74. The van der Waals surface area contributed by atoms with Crippen molar-refractivity contribution in [3.63, 3.8) is 0 Å². The lowest BCUT2D eigenvalue weighted by Crippen LogP contribution is -2.39. The predicted molar refractivity (Wildman–Crippen MR) is 106 cm³/mol. The van der Waals surface area contributed by atoms with Gasteiger partial charge < -0.3 is 9.32 Å². The number of halogens is 1. The number of carbonyl (C=O) groups is 1. The molecule has 4 rings (SSSR count). The standard InChI is InChI=1S/C22H25FN4O2/c1-15(2)27-20(9-10-25-27)22(28)26-11-4-3-8-19(26)21-24-14-18(29-21)13-16-6-5-7-17(23)12-16/h5-7,9-10,12,14-15,19H,3-4,8,11,13H2,1-2H3/t19-/m0/s1. The summed E-state index contributed by atoms with van der Waals surface area (Å²) in [5.41, 5.74) is 1.41. The molecule has 1 fully saturated rings. The smallest absolute Gasteiger partial charge is 0.272 e. The van der Waals surface area contributed by atoms with E-state index in [1.54, 1.807) is 29.2 Å². The molecule has 1 aliphatic heterocycles. The third-order valence-corrected chi connectivity index (χ3v) is 5.27. The van der Waals surface area contributed by atoms with E-state index in [2.05, 4.69) is 10.1 Å². The van der Waals surface area contributed by atoms with Gasteiger partial charge in [-0.3, -0.25) is 9.48 Å². The number of likely N-dealkylation sites (tertiary alicyclic amines) is 1. The molecule has 29 heavy (non-hydrogen) atoms. The summed E-state index contributed by atoms with van der Waals surface area (Å²) in [4.78, 5) is 19.6. The summed E-state index contributed by atoms with van der Waals surface area (Å²) in [5, 5.41) is 4.29. The Hall–Kier alpha value is -2.96. The van der Waals surface area contributed by atoms with Crippen LogP contribution in [-0.2, 0) is 6.42 Å². The third-order valence-electron chi connectivity index (χ3n) is 5.27. The van der Waals surface area contributed by atoms with E-state index in [9.17, 15) is 9.18 Å². The number of rotatable bonds is 5. The fourth-order valence-corrected chi connectivity index (χ4v) is 3.88. The van der Waals surface area contributed by atoms with Crippen LogP contribution in [0.15, 0.2) is 47.1 Å². The number of aromatic nitrogens is 3. The molecule has 1 aromatic carbocycles. The van der Waals surface area contributed by atoms with Gasteiger partial charge in [-0.15, -0.1) is 0 Å². The molecule has 6 nitrogen and oxygen atoms in total. The van der Waals surface area contributed by atoms with E-state index in [1.807, 2.05) is 24.8 Å². The lowest BCUT2D eigenvalue weighted by molar-refractivity contribution is 0.0555. The normalized spacial score (nSPS) is 17.1. The summed E-state index contributed by atoms with van der Waals surface area (Å²) in [7, 11) is 0. The molecule has 0 aliphatic carbocycles. The predicted octanol–water partition coefficient (Wildman–Crippen LogP) is 4.55. The van der Waals surface area contributed by atoms with Crippen LogP contribution in [0.25, 0.3) is 0 Å². The molecule has 152 valence electrons. The highest BCUT2D eigenvalue weighted by atomic mass is 19.1. The van der Waals surface area contributed by atoms with Crippen LogP contribution in [0.5, 0.6) is 0 Å². The topological polar surface area (TPSA) is 64.2 Å². The van der Waals surface area contributed by atoms with Gasteiger partial charge in [0.2, 0.25) is 5.89 Å². The molecule has 0 saturated carbocycles. The molecule has 7 heteroatoms. The molecule has 0 radical (unpaired) electrons. The van der Waals surface area contributed by atoms with Crippen molar-refractivity contribution in [2.75, 3.05) is 6.54 Å². The summed E-state index contributed by atoms with van der Waals surface area (Å²) in [5.74, 6) is 0.884. The van der Waals surface area contributed by atoms with Gasteiger partial charge in [-0.05, 0) is 56.9 Å². The Morgan fingerprint density at radius 2 is 2.17 bits per heavy atom. The zero-order valence-electron chi connectivity index (χ0n) is 16.7. The SMILES string of the molecule is CC(C)n1nccc1C(=O)N1CCCC[C@H]1c1ncc(Cc2cccc(F)c2)o1. The Morgan fingerprint density at radius 1 is 1.31 bits per heavy atom. The van der Waals surface area contributed by atoms with Gasteiger partial charge in [0, 0.05) is 25.2 Å². The fraction of sp³-hybridized carbons (Fsp3) is 0.409. The Labute approximate surface area is 169 Å². The van der Waals surface area contributed by atoms with E-state index in [4.69, 9.17) is 4.42 Å². The molecular weight excluding hydrogens is 371 g/mol. The number of hydrogen-bond donors (Lipinski definition) is 0.